The van der Waals surface area contributed by atoms with E-state index in [1.54, 1.807) is 12.1 Å². The first-order valence-electron chi connectivity index (χ1n) is 6.39. The van der Waals surface area contributed by atoms with Gasteiger partial charge in [-0.3, -0.25) is 0 Å². The molecule has 0 aliphatic heterocycles. The zero-order valence-electron chi connectivity index (χ0n) is 11.7. The van der Waals surface area contributed by atoms with E-state index in [4.69, 9.17) is 0 Å². The smallest absolute Gasteiger partial charge is 0.175 e. The molecule has 102 valence electrons. The molecular weight excluding hydrogens is 246 g/mol. The van der Waals surface area contributed by atoms with E-state index in [0.29, 0.717) is 10.8 Å². The van der Waals surface area contributed by atoms with E-state index in [-0.39, 0.29) is 0 Å². The fourth-order valence-corrected chi connectivity index (χ4v) is 2.55. The minimum atomic E-state index is -3.13. The van der Waals surface area contributed by atoms with Crippen molar-refractivity contribution >= 4 is 15.5 Å². The van der Waals surface area contributed by atoms with Gasteiger partial charge in [-0.05, 0) is 37.0 Å². The first-order chi connectivity index (χ1) is 8.34. The largest absolute Gasteiger partial charge is 0.385 e. The van der Waals surface area contributed by atoms with Crippen LogP contribution in [0.3, 0.4) is 0 Å². The van der Waals surface area contributed by atoms with Gasteiger partial charge in [0.2, 0.25) is 0 Å². The molecule has 0 aromatic heterocycles. The van der Waals surface area contributed by atoms with E-state index in [1.807, 2.05) is 13.0 Å². The minimum absolute atomic E-state index is 0.374. The molecule has 1 rings (SSSR count). The fraction of sp³-hybridized carbons (Fsp3) is 0.571. The van der Waals surface area contributed by atoms with Crippen LogP contribution in [-0.2, 0) is 9.84 Å². The summed E-state index contributed by atoms with van der Waals surface area (Å²) in [6, 6.07) is 5.23. The van der Waals surface area contributed by atoms with Gasteiger partial charge in [-0.25, -0.2) is 8.42 Å². The van der Waals surface area contributed by atoms with Gasteiger partial charge in [0.1, 0.15) is 0 Å². The van der Waals surface area contributed by atoms with Crippen molar-refractivity contribution in [3.05, 3.63) is 23.8 Å². The van der Waals surface area contributed by atoms with Crippen molar-refractivity contribution in [2.75, 3.05) is 18.1 Å². The third-order valence-corrected chi connectivity index (χ3v) is 4.17. The highest BCUT2D eigenvalue weighted by Crippen LogP contribution is 2.20. The fourth-order valence-electron chi connectivity index (χ4n) is 1.90. The summed E-state index contributed by atoms with van der Waals surface area (Å²) in [6.45, 7) is 7.24. The molecular formula is C14H23NO2S. The SMILES string of the molecule is CCCC(C)CNc1cc(S(C)(=O)=O)ccc1C. The lowest BCUT2D eigenvalue weighted by Gasteiger charge is -2.15. The Morgan fingerprint density at radius 2 is 2.00 bits per heavy atom. The number of hydrogen-bond donors (Lipinski definition) is 1. The maximum Gasteiger partial charge on any atom is 0.175 e. The van der Waals surface area contributed by atoms with Gasteiger partial charge in [0, 0.05) is 18.5 Å². The maximum absolute atomic E-state index is 11.5. The summed E-state index contributed by atoms with van der Waals surface area (Å²) in [4.78, 5) is 0.374. The van der Waals surface area contributed by atoms with Crippen LogP contribution in [0.5, 0.6) is 0 Å². The zero-order chi connectivity index (χ0) is 13.8. The molecule has 0 fully saturated rings. The van der Waals surface area contributed by atoms with Crippen LogP contribution in [0.25, 0.3) is 0 Å². The van der Waals surface area contributed by atoms with Crippen molar-refractivity contribution in [1.29, 1.82) is 0 Å². The molecule has 0 saturated heterocycles. The number of anilines is 1. The van der Waals surface area contributed by atoms with Crippen LogP contribution >= 0.6 is 0 Å². The van der Waals surface area contributed by atoms with Crippen LogP contribution in [0, 0.1) is 12.8 Å². The van der Waals surface area contributed by atoms with Gasteiger partial charge in [-0.15, -0.1) is 0 Å². The van der Waals surface area contributed by atoms with Crippen molar-refractivity contribution in [3.63, 3.8) is 0 Å². The van der Waals surface area contributed by atoms with Crippen molar-refractivity contribution in [2.24, 2.45) is 5.92 Å². The lowest BCUT2D eigenvalue weighted by Crippen LogP contribution is -2.12. The lowest BCUT2D eigenvalue weighted by atomic mass is 10.1. The van der Waals surface area contributed by atoms with Crippen LogP contribution in [0.4, 0.5) is 5.69 Å². The highest BCUT2D eigenvalue weighted by Gasteiger charge is 2.09. The third-order valence-electron chi connectivity index (χ3n) is 3.06. The normalized spacial score (nSPS) is 13.3. The van der Waals surface area contributed by atoms with Crippen molar-refractivity contribution in [2.45, 2.75) is 38.5 Å². The minimum Gasteiger partial charge on any atom is -0.385 e. The average molecular weight is 269 g/mol. The van der Waals surface area contributed by atoms with Gasteiger partial charge in [0.05, 0.1) is 4.90 Å². The van der Waals surface area contributed by atoms with Gasteiger partial charge < -0.3 is 5.32 Å². The predicted molar refractivity (Wildman–Crippen MR) is 76.9 cm³/mol. The number of nitrogens with one attached hydrogen (secondary N) is 1. The Labute approximate surface area is 111 Å². The Balaban J connectivity index is 2.82. The Morgan fingerprint density at radius 1 is 1.33 bits per heavy atom. The first kappa shape index (κ1) is 15.0. The molecule has 1 aromatic carbocycles. The summed E-state index contributed by atoms with van der Waals surface area (Å²) in [7, 11) is -3.13. The van der Waals surface area contributed by atoms with E-state index in [0.717, 1.165) is 17.8 Å². The van der Waals surface area contributed by atoms with E-state index >= 15 is 0 Å². The van der Waals surface area contributed by atoms with Crippen molar-refractivity contribution < 1.29 is 8.42 Å². The summed E-state index contributed by atoms with van der Waals surface area (Å²) in [6.07, 6.45) is 3.59. The zero-order valence-corrected chi connectivity index (χ0v) is 12.5. The summed E-state index contributed by atoms with van der Waals surface area (Å²) in [5.74, 6) is 0.594. The number of benzene rings is 1. The van der Waals surface area contributed by atoms with Crippen molar-refractivity contribution in [3.8, 4) is 0 Å². The molecule has 0 amide bonds. The molecule has 0 aliphatic carbocycles. The standard InChI is InChI=1S/C14H23NO2S/c1-5-6-11(2)10-15-14-9-13(18(4,16)17)8-7-12(14)3/h7-9,11,15H,5-6,10H2,1-4H3. The summed E-state index contributed by atoms with van der Waals surface area (Å²) in [5.41, 5.74) is 1.99. The predicted octanol–water partition coefficient (Wildman–Crippen LogP) is 3.25. The van der Waals surface area contributed by atoms with E-state index in [2.05, 4.69) is 19.2 Å². The van der Waals surface area contributed by atoms with Crippen molar-refractivity contribution in [1.82, 2.24) is 0 Å². The van der Waals surface area contributed by atoms with Crippen LogP contribution in [-0.4, -0.2) is 21.2 Å². The molecule has 0 spiro atoms. The second-order valence-corrected chi connectivity index (χ2v) is 7.04. The molecule has 0 bridgehead atoms. The Hall–Kier alpha value is -1.03. The number of sulfone groups is 1. The Morgan fingerprint density at radius 3 is 2.56 bits per heavy atom. The molecule has 1 N–H and O–H groups in total. The van der Waals surface area contributed by atoms with Gasteiger partial charge in [0.15, 0.2) is 9.84 Å². The van der Waals surface area contributed by atoms with Gasteiger partial charge in [0.25, 0.3) is 0 Å². The van der Waals surface area contributed by atoms with E-state index in [1.165, 1.54) is 19.1 Å². The molecule has 0 aliphatic rings. The summed E-state index contributed by atoms with van der Waals surface area (Å²) in [5, 5.41) is 3.35. The second-order valence-electron chi connectivity index (χ2n) is 5.02. The number of hydrogen-bond acceptors (Lipinski definition) is 3. The first-order valence-corrected chi connectivity index (χ1v) is 8.28. The Bertz CT molecular complexity index is 495. The molecule has 4 heteroatoms. The van der Waals surface area contributed by atoms with Crippen LogP contribution in [0.2, 0.25) is 0 Å². The number of rotatable bonds is 6. The lowest BCUT2D eigenvalue weighted by molar-refractivity contribution is 0.550. The maximum atomic E-state index is 11.5. The molecule has 0 heterocycles. The highest BCUT2D eigenvalue weighted by molar-refractivity contribution is 7.90. The van der Waals surface area contributed by atoms with Gasteiger partial charge >= 0.3 is 0 Å². The molecule has 1 atom stereocenters. The molecule has 0 saturated carbocycles. The third kappa shape index (κ3) is 4.33. The molecule has 0 radical (unpaired) electrons. The van der Waals surface area contributed by atoms with Gasteiger partial charge in [-0.2, -0.15) is 0 Å². The Kier molecular flexibility index (Phi) is 5.20. The van der Waals surface area contributed by atoms with E-state index in [9.17, 15) is 8.42 Å². The quantitative estimate of drug-likeness (QED) is 0.862. The van der Waals surface area contributed by atoms with Crippen LogP contribution in [0.1, 0.15) is 32.3 Å². The molecule has 1 aromatic rings. The van der Waals surface area contributed by atoms with Crippen LogP contribution < -0.4 is 5.32 Å². The topological polar surface area (TPSA) is 46.2 Å². The van der Waals surface area contributed by atoms with Gasteiger partial charge in [-0.1, -0.05) is 26.3 Å². The molecule has 18 heavy (non-hydrogen) atoms. The van der Waals surface area contributed by atoms with E-state index < -0.39 is 9.84 Å². The molecule has 1 unspecified atom stereocenters. The second kappa shape index (κ2) is 6.23. The van der Waals surface area contributed by atoms with Crippen LogP contribution in [0.15, 0.2) is 23.1 Å². The monoisotopic (exact) mass is 269 g/mol. The average Bonchev–Trinajstić information content (AvgIpc) is 2.26. The summed E-state index contributed by atoms with van der Waals surface area (Å²) >= 11 is 0. The number of aryl methyl sites for hydroxylation is 1. The molecule has 3 nitrogen and oxygen atoms in total. The highest BCUT2D eigenvalue weighted by atomic mass is 32.2. The summed E-state index contributed by atoms with van der Waals surface area (Å²) < 4.78 is 23.0.